The van der Waals surface area contributed by atoms with Crippen LogP contribution in [0.1, 0.15) is 40.2 Å². The topological polar surface area (TPSA) is 76.6 Å². The standard InChI is InChI=1S/C26H28N4O3S/c1-32-23-8-7-18(15-19(23)17-30-11-13-33-14-12-30)25(31)28-21-6-4-2-3-5-20(21)26-29-22-9-10-27-16-24(22)34-26/h5-10,15-16H,2-4,11-14,17H2,1H3,(H,28,31). The average molecular weight is 477 g/mol. The largest absolute Gasteiger partial charge is 0.496 e. The summed E-state index contributed by atoms with van der Waals surface area (Å²) in [5.41, 5.74) is 4.34. The monoisotopic (exact) mass is 476 g/mol. The fourth-order valence-electron chi connectivity index (χ4n) is 4.28. The number of carbonyl (C=O) groups is 1. The number of fused-ring (bicyclic) bond motifs is 1. The van der Waals surface area contributed by atoms with Crippen LogP contribution < -0.4 is 10.1 Å². The van der Waals surface area contributed by atoms with Crippen molar-refractivity contribution in [3.8, 4) is 5.75 Å². The summed E-state index contributed by atoms with van der Waals surface area (Å²) >= 11 is 1.60. The molecule has 0 radical (unpaired) electrons. The van der Waals surface area contributed by atoms with Gasteiger partial charge in [-0.3, -0.25) is 14.7 Å². The number of rotatable bonds is 6. The molecule has 3 aromatic rings. The van der Waals surface area contributed by atoms with E-state index in [0.717, 1.165) is 89.9 Å². The van der Waals surface area contributed by atoms with Crippen molar-refractivity contribution < 1.29 is 14.3 Å². The second kappa shape index (κ2) is 10.5. The predicted molar refractivity (Wildman–Crippen MR) is 134 cm³/mol. The van der Waals surface area contributed by atoms with Crippen molar-refractivity contribution in [1.29, 1.82) is 0 Å². The van der Waals surface area contributed by atoms with Gasteiger partial charge in [0.15, 0.2) is 0 Å². The summed E-state index contributed by atoms with van der Waals surface area (Å²) in [5.74, 6) is 0.660. The second-order valence-electron chi connectivity index (χ2n) is 8.40. The van der Waals surface area contributed by atoms with Crippen molar-refractivity contribution in [2.24, 2.45) is 0 Å². The van der Waals surface area contributed by atoms with E-state index in [4.69, 9.17) is 14.5 Å². The van der Waals surface area contributed by atoms with E-state index in [2.05, 4.69) is 27.4 Å². The Morgan fingerprint density at radius 1 is 1.21 bits per heavy atom. The molecule has 1 aliphatic heterocycles. The van der Waals surface area contributed by atoms with Crippen LogP contribution in [-0.4, -0.2) is 54.2 Å². The molecule has 2 aliphatic rings. The molecule has 1 aliphatic carbocycles. The number of nitrogens with zero attached hydrogens (tertiary/aromatic N) is 3. The molecule has 1 saturated heterocycles. The minimum atomic E-state index is -0.132. The maximum absolute atomic E-state index is 13.3. The van der Waals surface area contributed by atoms with Crippen LogP contribution in [0.15, 0.2) is 54.5 Å². The van der Waals surface area contributed by atoms with Gasteiger partial charge in [-0.1, -0.05) is 12.2 Å². The normalized spacial score (nSPS) is 17.1. The molecule has 34 heavy (non-hydrogen) atoms. The minimum absolute atomic E-state index is 0.132. The molecule has 0 bridgehead atoms. The van der Waals surface area contributed by atoms with Gasteiger partial charge in [0, 0.05) is 54.4 Å². The van der Waals surface area contributed by atoms with Gasteiger partial charge in [-0.2, -0.15) is 0 Å². The molecule has 0 spiro atoms. The second-order valence-corrected chi connectivity index (χ2v) is 9.43. The predicted octanol–water partition coefficient (Wildman–Crippen LogP) is 4.41. The van der Waals surface area contributed by atoms with Gasteiger partial charge in [-0.15, -0.1) is 11.3 Å². The van der Waals surface area contributed by atoms with Gasteiger partial charge >= 0.3 is 0 Å². The SMILES string of the molecule is COc1ccc(C(=O)NC2=CCCCC=C2c2nc3ccncc3s2)cc1CN1CCOCC1. The Kier molecular flexibility index (Phi) is 6.99. The van der Waals surface area contributed by atoms with Gasteiger partial charge < -0.3 is 14.8 Å². The Bertz CT molecular complexity index is 1210. The molecule has 0 atom stereocenters. The number of hydrogen-bond donors (Lipinski definition) is 1. The zero-order valence-corrected chi connectivity index (χ0v) is 20.1. The van der Waals surface area contributed by atoms with E-state index >= 15 is 0 Å². The van der Waals surface area contributed by atoms with Crippen molar-refractivity contribution in [2.75, 3.05) is 33.4 Å². The number of hydrogen-bond acceptors (Lipinski definition) is 7. The third kappa shape index (κ3) is 5.04. The number of morpholine rings is 1. The molecule has 0 unspecified atom stereocenters. The van der Waals surface area contributed by atoms with Crippen molar-refractivity contribution in [1.82, 2.24) is 20.2 Å². The third-order valence-electron chi connectivity index (χ3n) is 6.11. The molecule has 176 valence electrons. The molecule has 1 aromatic carbocycles. The number of methoxy groups -OCH3 is 1. The summed E-state index contributed by atoms with van der Waals surface area (Å²) in [6, 6.07) is 7.56. The van der Waals surface area contributed by atoms with Crippen LogP contribution in [0, 0.1) is 0 Å². The summed E-state index contributed by atoms with van der Waals surface area (Å²) in [7, 11) is 1.67. The van der Waals surface area contributed by atoms with E-state index in [1.54, 1.807) is 24.6 Å². The number of nitrogens with one attached hydrogen (secondary N) is 1. The van der Waals surface area contributed by atoms with Crippen molar-refractivity contribution in [3.63, 3.8) is 0 Å². The summed E-state index contributed by atoms with van der Waals surface area (Å²) in [4.78, 5) is 24.7. The zero-order chi connectivity index (χ0) is 23.3. The van der Waals surface area contributed by atoms with E-state index in [1.165, 1.54) is 0 Å². The highest BCUT2D eigenvalue weighted by Gasteiger charge is 2.20. The number of aromatic nitrogens is 2. The number of benzene rings is 1. The maximum atomic E-state index is 13.3. The smallest absolute Gasteiger partial charge is 0.255 e. The highest BCUT2D eigenvalue weighted by molar-refractivity contribution is 7.19. The molecule has 5 rings (SSSR count). The van der Waals surface area contributed by atoms with Crippen LogP contribution in [0.4, 0.5) is 0 Å². The van der Waals surface area contributed by atoms with Crippen molar-refractivity contribution >= 4 is 33.0 Å². The first-order chi connectivity index (χ1) is 16.7. The van der Waals surface area contributed by atoms with Crippen LogP contribution in [0.3, 0.4) is 0 Å². The van der Waals surface area contributed by atoms with Crippen LogP contribution in [0.2, 0.25) is 0 Å². The minimum Gasteiger partial charge on any atom is -0.496 e. The van der Waals surface area contributed by atoms with Gasteiger partial charge in [-0.05, 0) is 43.5 Å². The molecule has 7 nitrogen and oxygen atoms in total. The lowest BCUT2D eigenvalue weighted by Gasteiger charge is -2.27. The molecule has 3 heterocycles. The van der Waals surface area contributed by atoms with Crippen molar-refractivity contribution in [2.45, 2.75) is 25.8 Å². The molecular formula is C26H28N4O3S. The van der Waals surface area contributed by atoms with Crippen molar-refractivity contribution in [3.05, 3.63) is 70.6 Å². The molecular weight excluding hydrogens is 448 g/mol. The zero-order valence-electron chi connectivity index (χ0n) is 19.3. The van der Waals surface area contributed by atoms with Crippen LogP contribution >= 0.6 is 11.3 Å². The highest BCUT2D eigenvalue weighted by atomic mass is 32.1. The molecule has 8 heteroatoms. The van der Waals surface area contributed by atoms with E-state index in [0.29, 0.717) is 5.56 Å². The highest BCUT2D eigenvalue weighted by Crippen LogP contribution is 2.32. The fourth-order valence-corrected chi connectivity index (χ4v) is 5.27. The van der Waals surface area contributed by atoms with Gasteiger partial charge in [0.1, 0.15) is 10.8 Å². The van der Waals surface area contributed by atoms with E-state index in [-0.39, 0.29) is 5.91 Å². The lowest BCUT2D eigenvalue weighted by Crippen LogP contribution is -2.35. The van der Waals surface area contributed by atoms with Gasteiger partial charge in [0.05, 0.1) is 30.5 Å². The number of allylic oxidation sites excluding steroid dienone is 3. The van der Waals surface area contributed by atoms with Crippen LogP contribution in [0.25, 0.3) is 15.8 Å². The lowest BCUT2D eigenvalue weighted by molar-refractivity contribution is 0.0338. The molecule has 1 N–H and O–H groups in total. The average Bonchev–Trinajstić information content (AvgIpc) is 3.17. The van der Waals surface area contributed by atoms with Gasteiger partial charge in [-0.25, -0.2) is 4.98 Å². The number of amides is 1. The number of carbonyl (C=O) groups excluding carboxylic acids is 1. The summed E-state index contributed by atoms with van der Waals surface area (Å²) in [5, 5.41) is 4.07. The molecule has 1 amide bonds. The lowest BCUT2D eigenvalue weighted by atomic mass is 10.1. The number of pyridine rings is 1. The summed E-state index contributed by atoms with van der Waals surface area (Å²) in [6.45, 7) is 3.93. The van der Waals surface area contributed by atoms with Crippen LogP contribution in [0.5, 0.6) is 5.75 Å². The maximum Gasteiger partial charge on any atom is 0.255 e. The molecule has 2 aromatic heterocycles. The van der Waals surface area contributed by atoms with Crippen LogP contribution in [-0.2, 0) is 11.3 Å². The first-order valence-electron chi connectivity index (χ1n) is 11.6. The molecule has 0 saturated carbocycles. The Hall–Kier alpha value is -3.07. The quantitative estimate of drug-likeness (QED) is 0.568. The number of thiazole rings is 1. The fraction of sp³-hybridized carbons (Fsp3) is 0.346. The summed E-state index contributed by atoms with van der Waals surface area (Å²) < 4.78 is 12.1. The third-order valence-corrected chi connectivity index (χ3v) is 7.14. The Morgan fingerprint density at radius 3 is 2.88 bits per heavy atom. The number of ether oxygens (including phenoxy) is 2. The molecule has 1 fully saturated rings. The van der Waals surface area contributed by atoms with Gasteiger partial charge in [0.25, 0.3) is 5.91 Å². The summed E-state index contributed by atoms with van der Waals surface area (Å²) in [6.07, 6.45) is 10.8. The van der Waals surface area contributed by atoms with E-state index < -0.39 is 0 Å². The Balaban J connectivity index is 1.38. The first kappa shape index (κ1) is 22.7. The van der Waals surface area contributed by atoms with E-state index in [9.17, 15) is 4.79 Å². The Morgan fingerprint density at radius 2 is 2.06 bits per heavy atom. The first-order valence-corrected chi connectivity index (χ1v) is 12.4. The van der Waals surface area contributed by atoms with E-state index in [1.807, 2.05) is 30.5 Å². The Labute approximate surface area is 203 Å². The van der Waals surface area contributed by atoms with Gasteiger partial charge in [0.2, 0.25) is 0 Å².